The molecule has 1 aliphatic rings. The fourth-order valence-electron chi connectivity index (χ4n) is 2.86. The lowest BCUT2D eigenvalue weighted by atomic mass is 10.2. The molecule has 0 radical (unpaired) electrons. The van der Waals surface area contributed by atoms with Gasteiger partial charge in [-0.05, 0) is 32.5 Å². The van der Waals surface area contributed by atoms with Crippen molar-refractivity contribution < 1.29 is 4.52 Å². The number of fused-ring (bicyclic) bond motifs is 1. The first kappa shape index (κ1) is 14.0. The summed E-state index contributed by atoms with van der Waals surface area (Å²) in [5, 5.41) is 12.4. The quantitative estimate of drug-likeness (QED) is 0.709. The van der Waals surface area contributed by atoms with E-state index in [1.807, 2.05) is 27.0 Å². The Morgan fingerprint density at radius 2 is 2.09 bits per heavy atom. The van der Waals surface area contributed by atoms with Gasteiger partial charge < -0.3 is 9.09 Å². The van der Waals surface area contributed by atoms with Gasteiger partial charge in [0.25, 0.3) is 0 Å². The van der Waals surface area contributed by atoms with Gasteiger partial charge in [0, 0.05) is 18.0 Å². The molecule has 0 bridgehead atoms. The maximum Gasteiger partial charge on any atom is 0.246 e. The summed E-state index contributed by atoms with van der Waals surface area (Å²) in [6.07, 6.45) is 3.55. The average Bonchev–Trinajstić information content (AvgIpc) is 3.14. The molecule has 4 heterocycles. The van der Waals surface area contributed by atoms with Crippen LogP contribution in [0, 0.1) is 13.8 Å². The van der Waals surface area contributed by atoms with Gasteiger partial charge in [0.1, 0.15) is 17.7 Å². The second-order valence-corrected chi connectivity index (χ2v) is 5.91. The zero-order valence-corrected chi connectivity index (χ0v) is 13.3. The molecule has 8 nitrogen and oxygen atoms in total. The van der Waals surface area contributed by atoms with Crippen LogP contribution >= 0.6 is 0 Å². The van der Waals surface area contributed by atoms with E-state index < -0.39 is 0 Å². The summed E-state index contributed by atoms with van der Waals surface area (Å²) in [7, 11) is 2.02. The van der Waals surface area contributed by atoms with Crippen LogP contribution in [0.5, 0.6) is 0 Å². The normalized spacial score (nSPS) is 18.1. The van der Waals surface area contributed by atoms with Crippen LogP contribution in [0.15, 0.2) is 23.0 Å². The van der Waals surface area contributed by atoms with Gasteiger partial charge in [-0.2, -0.15) is 4.98 Å². The van der Waals surface area contributed by atoms with Crippen LogP contribution in [0.25, 0.3) is 11.4 Å². The lowest BCUT2D eigenvalue weighted by Gasteiger charge is -2.30. The van der Waals surface area contributed by atoms with Crippen LogP contribution < -0.4 is 0 Å². The molecule has 4 rings (SSSR count). The van der Waals surface area contributed by atoms with Gasteiger partial charge >= 0.3 is 0 Å². The van der Waals surface area contributed by atoms with Crippen molar-refractivity contribution in [3.8, 4) is 11.4 Å². The molecule has 0 saturated heterocycles. The van der Waals surface area contributed by atoms with Crippen LogP contribution in [0.3, 0.4) is 0 Å². The Labute approximate surface area is 133 Å². The highest BCUT2D eigenvalue weighted by atomic mass is 16.5. The number of pyridine rings is 1. The van der Waals surface area contributed by atoms with Crippen molar-refractivity contribution in [1.82, 2.24) is 34.8 Å². The first-order chi connectivity index (χ1) is 11.1. The third kappa shape index (κ3) is 2.40. The third-order valence-electron chi connectivity index (χ3n) is 4.15. The van der Waals surface area contributed by atoms with Gasteiger partial charge in [-0.25, -0.2) is 0 Å². The number of hydrogen-bond donors (Lipinski definition) is 0. The molecule has 1 atom stereocenters. The van der Waals surface area contributed by atoms with E-state index >= 15 is 0 Å². The van der Waals surface area contributed by atoms with Gasteiger partial charge in [-0.1, -0.05) is 5.16 Å². The molecule has 0 saturated carbocycles. The second-order valence-electron chi connectivity index (χ2n) is 5.91. The summed E-state index contributed by atoms with van der Waals surface area (Å²) >= 11 is 0. The lowest BCUT2D eigenvalue weighted by Crippen LogP contribution is -2.34. The first-order valence-corrected chi connectivity index (χ1v) is 7.46. The summed E-state index contributed by atoms with van der Waals surface area (Å²) in [5.41, 5.74) is 1.92. The van der Waals surface area contributed by atoms with E-state index in [0.717, 1.165) is 22.8 Å². The molecule has 0 fully saturated rings. The Morgan fingerprint density at radius 3 is 2.91 bits per heavy atom. The van der Waals surface area contributed by atoms with E-state index in [-0.39, 0.29) is 6.04 Å². The molecule has 0 aliphatic carbocycles. The van der Waals surface area contributed by atoms with Crippen molar-refractivity contribution in [2.24, 2.45) is 0 Å². The number of nitrogens with zero attached hydrogens (tertiary/aromatic N) is 7. The number of hydrogen-bond acceptors (Lipinski definition) is 7. The zero-order chi connectivity index (χ0) is 16.0. The summed E-state index contributed by atoms with van der Waals surface area (Å²) in [6.45, 7) is 5.35. The van der Waals surface area contributed by atoms with E-state index in [2.05, 4.69) is 34.8 Å². The molecule has 1 aliphatic heterocycles. The SMILES string of the molecule is Cc1cncc(-c2noc(C3Cn4c(C)nnc4CN3C)n2)c1. The van der Waals surface area contributed by atoms with E-state index in [9.17, 15) is 0 Å². The highest BCUT2D eigenvalue weighted by Crippen LogP contribution is 2.28. The van der Waals surface area contributed by atoms with Crippen LogP contribution in [0.4, 0.5) is 0 Å². The average molecular weight is 311 g/mol. The summed E-state index contributed by atoms with van der Waals surface area (Å²) in [6, 6.07) is 2.00. The van der Waals surface area contributed by atoms with Crippen LogP contribution in [0.1, 0.15) is 29.1 Å². The van der Waals surface area contributed by atoms with Crippen molar-refractivity contribution in [3.05, 3.63) is 41.6 Å². The molecule has 0 amide bonds. The Bertz CT molecular complexity index is 853. The maximum atomic E-state index is 5.52. The first-order valence-electron chi connectivity index (χ1n) is 7.46. The molecule has 3 aromatic heterocycles. The van der Waals surface area contributed by atoms with Gasteiger partial charge in [0.15, 0.2) is 0 Å². The van der Waals surface area contributed by atoms with Crippen LogP contribution in [0.2, 0.25) is 0 Å². The summed E-state index contributed by atoms with van der Waals surface area (Å²) in [4.78, 5) is 10.9. The molecule has 8 heteroatoms. The number of likely N-dealkylation sites (N-methyl/N-ethyl adjacent to an activating group) is 1. The predicted molar refractivity (Wildman–Crippen MR) is 81.2 cm³/mol. The zero-order valence-electron chi connectivity index (χ0n) is 13.3. The molecule has 3 aromatic rings. The van der Waals surface area contributed by atoms with Crippen LogP contribution in [-0.2, 0) is 13.1 Å². The van der Waals surface area contributed by atoms with E-state index in [1.54, 1.807) is 12.4 Å². The maximum absolute atomic E-state index is 5.52. The van der Waals surface area contributed by atoms with Gasteiger partial charge in [-0.3, -0.25) is 9.88 Å². The fraction of sp³-hybridized carbons (Fsp3) is 0.400. The van der Waals surface area contributed by atoms with Crippen molar-refractivity contribution in [2.45, 2.75) is 33.0 Å². The molecule has 23 heavy (non-hydrogen) atoms. The smallest absolute Gasteiger partial charge is 0.246 e. The van der Waals surface area contributed by atoms with Crippen molar-refractivity contribution in [1.29, 1.82) is 0 Å². The summed E-state index contributed by atoms with van der Waals surface area (Å²) < 4.78 is 7.62. The highest BCUT2D eigenvalue weighted by molar-refractivity contribution is 5.53. The largest absolute Gasteiger partial charge is 0.337 e. The van der Waals surface area contributed by atoms with E-state index in [0.29, 0.717) is 24.8 Å². The minimum atomic E-state index is 0.0104. The molecular formula is C15H17N7O. The van der Waals surface area contributed by atoms with E-state index in [1.165, 1.54) is 0 Å². The minimum absolute atomic E-state index is 0.0104. The summed E-state index contributed by atoms with van der Waals surface area (Å²) in [5.74, 6) is 3.03. The molecular weight excluding hydrogens is 294 g/mol. The van der Waals surface area contributed by atoms with Gasteiger partial charge in [-0.15, -0.1) is 10.2 Å². The number of rotatable bonds is 2. The van der Waals surface area contributed by atoms with Gasteiger partial charge in [0.2, 0.25) is 11.7 Å². The topological polar surface area (TPSA) is 85.8 Å². The minimum Gasteiger partial charge on any atom is -0.337 e. The molecule has 0 N–H and O–H groups in total. The number of aromatic nitrogens is 6. The third-order valence-corrected chi connectivity index (χ3v) is 4.15. The van der Waals surface area contributed by atoms with Crippen molar-refractivity contribution in [2.75, 3.05) is 7.05 Å². The Hall–Kier alpha value is -2.61. The predicted octanol–water partition coefficient (Wildman–Crippen LogP) is 1.53. The van der Waals surface area contributed by atoms with Crippen LogP contribution in [-0.4, -0.2) is 41.8 Å². The molecule has 118 valence electrons. The standard InChI is InChI=1S/C15H17N7O/c1-9-4-11(6-16-5-9)14-17-15(23-20-14)12-7-22-10(2)18-19-13(22)8-21(12)3/h4-6,12H,7-8H2,1-3H3. The van der Waals surface area contributed by atoms with E-state index in [4.69, 9.17) is 4.52 Å². The molecule has 1 unspecified atom stereocenters. The monoisotopic (exact) mass is 311 g/mol. The Morgan fingerprint density at radius 1 is 1.22 bits per heavy atom. The van der Waals surface area contributed by atoms with Gasteiger partial charge in [0.05, 0.1) is 13.1 Å². The second kappa shape index (κ2) is 5.24. The fourth-order valence-corrected chi connectivity index (χ4v) is 2.86. The number of aryl methyl sites for hydroxylation is 2. The molecule has 0 aromatic carbocycles. The van der Waals surface area contributed by atoms with Crippen molar-refractivity contribution >= 4 is 0 Å². The lowest BCUT2D eigenvalue weighted by molar-refractivity contribution is 0.138. The Kier molecular flexibility index (Phi) is 3.19. The van der Waals surface area contributed by atoms with Crippen molar-refractivity contribution in [3.63, 3.8) is 0 Å². The Balaban J connectivity index is 1.65. The highest BCUT2D eigenvalue weighted by Gasteiger charge is 2.31. The molecule has 0 spiro atoms.